The third kappa shape index (κ3) is 3.94. The number of nitrogens with zero attached hydrogens (tertiary/aromatic N) is 1. The maximum atomic E-state index is 11.1. The van der Waals surface area contributed by atoms with Crippen molar-refractivity contribution >= 4 is 0 Å². The summed E-state index contributed by atoms with van der Waals surface area (Å²) < 4.78 is 5.67. The molecule has 0 aromatic heterocycles. The molecule has 1 aliphatic rings. The Morgan fingerprint density at radius 3 is 2.72 bits per heavy atom. The Morgan fingerprint density at radius 1 is 1.44 bits per heavy atom. The molecule has 0 aromatic rings. The summed E-state index contributed by atoms with van der Waals surface area (Å²) in [5.41, 5.74) is 6.54. The smallest absolute Gasteiger partial charge is 0.281 e. The molecule has 1 fully saturated rings. The molecular weight excluding hydrogens is 236 g/mol. The third-order valence-electron chi connectivity index (χ3n) is 3.07. The number of nitro groups is 1. The van der Waals surface area contributed by atoms with Crippen molar-refractivity contribution in [2.45, 2.75) is 31.4 Å². The van der Waals surface area contributed by atoms with Crippen LogP contribution in [0.25, 0.3) is 0 Å². The predicted octanol–water partition coefficient (Wildman–Crippen LogP) is -0.190. The lowest BCUT2D eigenvalue weighted by Gasteiger charge is -2.18. The lowest BCUT2D eigenvalue weighted by atomic mass is 10.0. The van der Waals surface area contributed by atoms with E-state index in [0.717, 1.165) is 12.8 Å². The molecule has 104 valence electrons. The van der Waals surface area contributed by atoms with Crippen LogP contribution in [0, 0.1) is 10.1 Å². The van der Waals surface area contributed by atoms with Crippen molar-refractivity contribution in [3.05, 3.63) is 21.5 Å². The molecule has 18 heavy (non-hydrogen) atoms. The van der Waals surface area contributed by atoms with E-state index in [0.29, 0.717) is 18.7 Å². The molecule has 1 saturated heterocycles. The van der Waals surface area contributed by atoms with Crippen LogP contribution in [-0.4, -0.2) is 44.3 Å². The van der Waals surface area contributed by atoms with E-state index >= 15 is 0 Å². The average molecular weight is 258 g/mol. The van der Waals surface area contributed by atoms with Gasteiger partial charge in [0.25, 0.3) is 5.70 Å². The number of nitrogens with two attached hydrogens (primary N) is 1. The average Bonchev–Trinajstić information content (AvgIpc) is 2.54. The molecule has 4 N–H and O–H groups in total. The van der Waals surface area contributed by atoms with Gasteiger partial charge in [0.15, 0.2) is 0 Å². The van der Waals surface area contributed by atoms with Crippen LogP contribution in [-0.2, 0) is 4.74 Å². The standard InChI is InChI=1S/C11H22N4O3/c1-13-7-9(15(16)17)11(14-2)10-4-3-8(12)5-6-18-10/h8,10,13-14H,3-7,12H2,1-2H3/b11-9+. The van der Waals surface area contributed by atoms with E-state index in [2.05, 4.69) is 10.6 Å². The second-order valence-electron chi connectivity index (χ2n) is 4.38. The van der Waals surface area contributed by atoms with E-state index in [1.54, 1.807) is 14.1 Å². The molecule has 1 heterocycles. The van der Waals surface area contributed by atoms with Crippen LogP contribution in [0.1, 0.15) is 19.3 Å². The summed E-state index contributed by atoms with van der Waals surface area (Å²) in [5.74, 6) is 0. The van der Waals surface area contributed by atoms with Gasteiger partial charge in [-0.15, -0.1) is 0 Å². The Bertz CT molecular complexity index is 319. The first kappa shape index (κ1) is 14.9. The van der Waals surface area contributed by atoms with Crippen LogP contribution in [0.4, 0.5) is 0 Å². The summed E-state index contributed by atoms with van der Waals surface area (Å²) in [4.78, 5) is 10.7. The van der Waals surface area contributed by atoms with E-state index in [1.807, 2.05) is 0 Å². The Morgan fingerprint density at radius 2 is 2.17 bits per heavy atom. The number of nitrogens with one attached hydrogen (secondary N) is 2. The fourth-order valence-corrected chi connectivity index (χ4v) is 2.10. The summed E-state index contributed by atoms with van der Waals surface area (Å²) in [6.07, 6.45) is 2.06. The van der Waals surface area contributed by atoms with Crippen LogP contribution >= 0.6 is 0 Å². The zero-order valence-electron chi connectivity index (χ0n) is 10.9. The lowest BCUT2D eigenvalue weighted by Crippen LogP contribution is -2.31. The van der Waals surface area contributed by atoms with E-state index in [9.17, 15) is 10.1 Å². The SMILES string of the molecule is CNC/C(=C(\NC)C1CCC(N)CCO1)[N+](=O)[O-]. The van der Waals surface area contributed by atoms with E-state index in [-0.39, 0.29) is 29.3 Å². The Labute approximate surface area is 107 Å². The van der Waals surface area contributed by atoms with Crippen LogP contribution in [0.3, 0.4) is 0 Å². The summed E-state index contributed by atoms with van der Waals surface area (Å²) in [6, 6.07) is 0.122. The van der Waals surface area contributed by atoms with Crippen molar-refractivity contribution in [1.82, 2.24) is 10.6 Å². The molecule has 0 spiro atoms. The maximum absolute atomic E-state index is 11.1. The first-order valence-corrected chi connectivity index (χ1v) is 6.17. The van der Waals surface area contributed by atoms with Crippen LogP contribution < -0.4 is 16.4 Å². The summed E-state index contributed by atoms with van der Waals surface area (Å²) in [7, 11) is 3.36. The van der Waals surface area contributed by atoms with Gasteiger partial charge in [0, 0.05) is 19.7 Å². The van der Waals surface area contributed by atoms with Gasteiger partial charge in [0.1, 0.15) is 11.8 Å². The van der Waals surface area contributed by atoms with Crippen molar-refractivity contribution in [2.24, 2.45) is 5.73 Å². The van der Waals surface area contributed by atoms with Gasteiger partial charge < -0.3 is 21.1 Å². The second kappa shape index (κ2) is 7.30. The number of hydrogen-bond acceptors (Lipinski definition) is 6. The van der Waals surface area contributed by atoms with Crippen molar-refractivity contribution in [2.75, 3.05) is 27.2 Å². The topological polar surface area (TPSA) is 102 Å². The van der Waals surface area contributed by atoms with Gasteiger partial charge in [-0.1, -0.05) is 0 Å². The first-order valence-electron chi connectivity index (χ1n) is 6.17. The second-order valence-corrected chi connectivity index (χ2v) is 4.38. The minimum absolute atomic E-state index is 0.122. The zero-order chi connectivity index (χ0) is 13.5. The highest BCUT2D eigenvalue weighted by Crippen LogP contribution is 2.20. The fraction of sp³-hybridized carbons (Fsp3) is 0.818. The summed E-state index contributed by atoms with van der Waals surface area (Å²) in [5, 5.41) is 16.8. The normalized spacial score (nSPS) is 26.2. The van der Waals surface area contributed by atoms with Gasteiger partial charge in [-0.2, -0.15) is 0 Å². The number of likely N-dealkylation sites (N-methyl/N-ethyl adjacent to an activating group) is 2. The van der Waals surface area contributed by atoms with Gasteiger partial charge in [-0.05, 0) is 26.3 Å². The maximum Gasteiger partial charge on any atom is 0.281 e. The zero-order valence-corrected chi connectivity index (χ0v) is 10.9. The summed E-state index contributed by atoms with van der Waals surface area (Å²) in [6.45, 7) is 0.747. The van der Waals surface area contributed by atoms with Gasteiger partial charge in [0.05, 0.1) is 11.5 Å². The van der Waals surface area contributed by atoms with Crippen molar-refractivity contribution in [3.63, 3.8) is 0 Å². The molecule has 2 unspecified atom stereocenters. The van der Waals surface area contributed by atoms with Gasteiger partial charge >= 0.3 is 0 Å². The van der Waals surface area contributed by atoms with E-state index in [4.69, 9.17) is 10.5 Å². The molecule has 0 radical (unpaired) electrons. The van der Waals surface area contributed by atoms with Crippen molar-refractivity contribution < 1.29 is 9.66 Å². The Kier molecular flexibility index (Phi) is 6.03. The lowest BCUT2D eigenvalue weighted by molar-refractivity contribution is -0.428. The highest BCUT2D eigenvalue weighted by atomic mass is 16.6. The van der Waals surface area contributed by atoms with Crippen molar-refractivity contribution in [3.8, 4) is 0 Å². The van der Waals surface area contributed by atoms with Gasteiger partial charge in [-0.25, -0.2) is 0 Å². The minimum Gasteiger partial charge on any atom is -0.384 e. The fourth-order valence-electron chi connectivity index (χ4n) is 2.10. The number of rotatable bonds is 5. The Hall–Kier alpha value is -1.18. The molecular formula is C11H22N4O3. The highest BCUT2D eigenvalue weighted by Gasteiger charge is 2.27. The molecule has 0 bridgehead atoms. The van der Waals surface area contributed by atoms with Crippen LogP contribution in [0.2, 0.25) is 0 Å². The molecule has 2 atom stereocenters. The summed E-state index contributed by atoms with van der Waals surface area (Å²) >= 11 is 0. The molecule has 0 saturated carbocycles. The molecule has 0 amide bonds. The Balaban J connectivity index is 2.91. The quantitative estimate of drug-likeness (QED) is 0.466. The number of ether oxygens (including phenoxy) is 1. The van der Waals surface area contributed by atoms with Crippen LogP contribution in [0.5, 0.6) is 0 Å². The molecule has 7 heteroatoms. The first-order chi connectivity index (χ1) is 8.60. The van der Waals surface area contributed by atoms with Gasteiger partial charge in [-0.3, -0.25) is 10.1 Å². The third-order valence-corrected chi connectivity index (χ3v) is 3.07. The molecule has 0 aliphatic carbocycles. The van der Waals surface area contributed by atoms with Gasteiger partial charge in [0.2, 0.25) is 0 Å². The molecule has 0 aromatic carbocycles. The minimum atomic E-state index is -0.365. The molecule has 1 rings (SSSR count). The van der Waals surface area contributed by atoms with E-state index in [1.165, 1.54) is 0 Å². The van der Waals surface area contributed by atoms with E-state index < -0.39 is 0 Å². The predicted molar refractivity (Wildman–Crippen MR) is 68.6 cm³/mol. The molecule has 1 aliphatic heterocycles. The molecule has 7 nitrogen and oxygen atoms in total. The van der Waals surface area contributed by atoms with Crippen LogP contribution in [0.15, 0.2) is 11.4 Å². The van der Waals surface area contributed by atoms with Crippen molar-refractivity contribution in [1.29, 1.82) is 0 Å². The monoisotopic (exact) mass is 258 g/mol. The largest absolute Gasteiger partial charge is 0.384 e. The number of hydrogen-bond donors (Lipinski definition) is 3. The highest BCUT2D eigenvalue weighted by molar-refractivity contribution is 5.13.